The molecule has 1 fully saturated rings. The number of hydrogen-bond acceptors (Lipinski definition) is 4. The molecule has 2 aromatic rings. The average Bonchev–Trinajstić information content (AvgIpc) is 3.04. The van der Waals surface area contributed by atoms with Crippen molar-refractivity contribution in [2.75, 3.05) is 25.0 Å². The number of amides is 1. The molecule has 6 heteroatoms. The Kier molecular flexibility index (Phi) is 5.76. The quantitative estimate of drug-likeness (QED) is 0.785. The topological polar surface area (TPSA) is 78.9 Å². The van der Waals surface area contributed by atoms with Crippen LogP contribution in [0.3, 0.4) is 0 Å². The van der Waals surface area contributed by atoms with Gasteiger partial charge in [-0.25, -0.2) is 0 Å². The summed E-state index contributed by atoms with van der Waals surface area (Å²) in [5, 5.41) is 12.1. The molecule has 1 atom stereocenters. The number of benzene rings is 2. The van der Waals surface area contributed by atoms with E-state index in [2.05, 4.69) is 5.32 Å². The molecule has 1 saturated heterocycles. The van der Waals surface area contributed by atoms with Gasteiger partial charge in [-0.1, -0.05) is 30.3 Å². The molecule has 0 bridgehead atoms. The van der Waals surface area contributed by atoms with Crippen LogP contribution in [0.5, 0.6) is 5.75 Å². The van der Waals surface area contributed by atoms with E-state index in [1.54, 1.807) is 19.1 Å². The lowest BCUT2D eigenvalue weighted by atomic mass is 9.90. The van der Waals surface area contributed by atoms with Crippen LogP contribution in [0.4, 0.5) is 5.69 Å². The number of nitrogens with zero attached hydrogens (tertiary/aromatic N) is 1. The number of carbonyl (C=O) groups excluding carboxylic acids is 1. The van der Waals surface area contributed by atoms with E-state index in [0.29, 0.717) is 31.8 Å². The maximum Gasteiger partial charge on any atom is 0.310 e. The van der Waals surface area contributed by atoms with Crippen LogP contribution in [0.2, 0.25) is 0 Å². The molecule has 2 N–H and O–H groups in total. The van der Waals surface area contributed by atoms with Crippen molar-refractivity contribution in [3.63, 3.8) is 0 Å². The highest BCUT2D eigenvalue weighted by atomic mass is 16.5. The fraction of sp³-hybridized carbons (Fsp3) is 0.333. The molecule has 0 radical (unpaired) electrons. The van der Waals surface area contributed by atoms with Gasteiger partial charge < -0.3 is 15.2 Å². The highest BCUT2D eigenvalue weighted by molar-refractivity contribution is 5.92. The fourth-order valence-electron chi connectivity index (χ4n) is 3.15. The van der Waals surface area contributed by atoms with Crippen molar-refractivity contribution < 1.29 is 19.4 Å². The van der Waals surface area contributed by atoms with Crippen molar-refractivity contribution in [2.24, 2.45) is 5.41 Å². The second-order valence-corrected chi connectivity index (χ2v) is 7.17. The summed E-state index contributed by atoms with van der Waals surface area (Å²) >= 11 is 0. The zero-order valence-corrected chi connectivity index (χ0v) is 15.4. The van der Waals surface area contributed by atoms with Gasteiger partial charge in [-0.15, -0.1) is 0 Å². The summed E-state index contributed by atoms with van der Waals surface area (Å²) in [6.45, 7) is 3.41. The molecular formula is C21H24N2O4. The average molecular weight is 368 g/mol. The Bertz CT molecular complexity index is 792. The number of rotatable bonds is 7. The van der Waals surface area contributed by atoms with Crippen LogP contribution < -0.4 is 10.1 Å². The smallest absolute Gasteiger partial charge is 0.310 e. The minimum absolute atomic E-state index is 0.150. The lowest BCUT2D eigenvalue weighted by molar-refractivity contribution is -0.147. The molecule has 3 rings (SSSR count). The number of carboxylic acids is 1. The van der Waals surface area contributed by atoms with E-state index >= 15 is 0 Å². The van der Waals surface area contributed by atoms with E-state index in [0.717, 1.165) is 11.3 Å². The third-order valence-corrected chi connectivity index (χ3v) is 4.82. The van der Waals surface area contributed by atoms with E-state index in [1.165, 1.54) is 0 Å². The summed E-state index contributed by atoms with van der Waals surface area (Å²) in [5.74, 6) is -0.229. The zero-order valence-electron chi connectivity index (χ0n) is 15.4. The van der Waals surface area contributed by atoms with Crippen molar-refractivity contribution in [1.82, 2.24) is 4.90 Å². The van der Waals surface area contributed by atoms with Crippen LogP contribution in [-0.2, 0) is 16.2 Å². The predicted molar refractivity (Wildman–Crippen MR) is 103 cm³/mol. The Morgan fingerprint density at radius 3 is 2.48 bits per heavy atom. The summed E-state index contributed by atoms with van der Waals surface area (Å²) in [6, 6.07) is 17.1. The molecule has 27 heavy (non-hydrogen) atoms. The summed E-state index contributed by atoms with van der Waals surface area (Å²) in [6.07, 6.45) is 0.559. The van der Waals surface area contributed by atoms with Gasteiger partial charge in [-0.3, -0.25) is 14.5 Å². The summed E-state index contributed by atoms with van der Waals surface area (Å²) in [5.41, 5.74) is 1.01. The number of nitrogens with one attached hydrogen (secondary N) is 1. The molecule has 1 aliphatic heterocycles. The van der Waals surface area contributed by atoms with Crippen molar-refractivity contribution in [3.8, 4) is 5.75 Å². The molecule has 0 aromatic heterocycles. The summed E-state index contributed by atoms with van der Waals surface area (Å²) in [7, 11) is 0. The number of carboxylic acid groups (broad SMARTS) is 1. The van der Waals surface area contributed by atoms with Gasteiger partial charge in [0, 0.05) is 12.2 Å². The molecule has 2 aromatic carbocycles. The van der Waals surface area contributed by atoms with E-state index in [-0.39, 0.29) is 12.5 Å². The van der Waals surface area contributed by atoms with Gasteiger partial charge >= 0.3 is 5.97 Å². The molecule has 1 amide bonds. The largest absolute Gasteiger partial charge is 0.489 e. The van der Waals surface area contributed by atoms with Crippen molar-refractivity contribution in [2.45, 2.75) is 20.0 Å². The second-order valence-electron chi connectivity index (χ2n) is 7.17. The van der Waals surface area contributed by atoms with Crippen LogP contribution in [0.1, 0.15) is 18.9 Å². The van der Waals surface area contributed by atoms with Crippen LogP contribution in [-0.4, -0.2) is 41.5 Å². The highest BCUT2D eigenvalue weighted by Gasteiger charge is 2.40. The second kappa shape index (κ2) is 8.22. The van der Waals surface area contributed by atoms with Crippen LogP contribution in [0.25, 0.3) is 0 Å². The molecule has 0 saturated carbocycles. The number of hydrogen-bond donors (Lipinski definition) is 2. The molecule has 1 unspecified atom stereocenters. The Morgan fingerprint density at radius 1 is 1.15 bits per heavy atom. The van der Waals surface area contributed by atoms with Gasteiger partial charge in [0.1, 0.15) is 12.4 Å². The number of aliphatic carboxylic acids is 1. The first-order valence-corrected chi connectivity index (χ1v) is 8.97. The van der Waals surface area contributed by atoms with Crippen molar-refractivity contribution in [1.29, 1.82) is 0 Å². The number of ether oxygens (including phenoxy) is 1. The number of anilines is 1. The molecule has 142 valence electrons. The first kappa shape index (κ1) is 18.9. The van der Waals surface area contributed by atoms with Gasteiger partial charge in [0.15, 0.2) is 0 Å². The van der Waals surface area contributed by atoms with Crippen LogP contribution >= 0.6 is 0 Å². The summed E-state index contributed by atoms with van der Waals surface area (Å²) in [4.78, 5) is 25.4. The highest BCUT2D eigenvalue weighted by Crippen LogP contribution is 2.29. The van der Waals surface area contributed by atoms with Crippen molar-refractivity contribution in [3.05, 3.63) is 60.2 Å². The Morgan fingerprint density at radius 2 is 1.85 bits per heavy atom. The molecule has 1 heterocycles. The monoisotopic (exact) mass is 368 g/mol. The SMILES string of the molecule is CC1(C(=O)O)CCN(CC(=O)Nc2ccc(OCc3ccccc3)cc2)C1. The maximum absolute atomic E-state index is 12.2. The third-order valence-electron chi connectivity index (χ3n) is 4.82. The van der Waals surface area contributed by atoms with E-state index in [4.69, 9.17) is 4.74 Å². The fourth-order valence-corrected chi connectivity index (χ4v) is 3.15. The molecular weight excluding hydrogens is 344 g/mol. The summed E-state index contributed by atoms with van der Waals surface area (Å²) < 4.78 is 5.73. The van der Waals surface area contributed by atoms with Crippen molar-refractivity contribution >= 4 is 17.6 Å². The minimum atomic E-state index is -0.809. The minimum Gasteiger partial charge on any atom is -0.489 e. The first-order chi connectivity index (χ1) is 12.9. The predicted octanol–water partition coefficient (Wildman–Crippen LogP) is 3.00. The molecule has 0 spiro atoms. The normalized spacial score (nSPS) is 19.6. The van der Waals surface area contributed by atoms with Gasteiger partial charge in [0.05, 0.1) is 12.0 Å². The third kappa shape index (κ3) is 5.08. The van der Waals surface area contributed by atoms with Crippen LogP contribution in [0, 0.1) is 5.41 Å². The van der Waals surface area contributed by atoms with E-state index in [9.17, 15) is 14.7 Å². The van der Waals surface area contributed by atoms with Gasteiger partial charge in [-0.05, 0) is 49.7 Å². The maximum atomic E-state index is 12.2. The molecule has 6 nitrogen and oxygen atoms in total. The zero-order chi connectivity index (χ0) is 19.3. The lowest BCUT2D eigenvalue weighted by Crippen LogP contribution is -2.35. The van der Waals surface area contributed by atoms with Gasteiger partial charge in [0.25, 0.3) is 0 Å². The number of carbonyl (C=O) groups is 2. The standard InChI is InChI=1S/C21H24N2O4/c1-21(20(25)26)11-12-23(15-21)13-19(24)22-17-7-9-18(10-8-17)27-14-16-5-3-2-4-6-16/h2-10H,11-15H2,1H3,(H,22,24)(H,25,26). The Hall–Kier alpha value is -2.86. The first-order valence-electron chi connectivity index (χ1n) is 8.97. The van der Waals surface area contributed by atoms with Gasteiger partial charge in [-0.2, -0.15) is 0 Å². The van der Waals surface area contributed by atoms with Crippen LogP contribution in [0.15, 0.2) is 54.6 Å². The number of likely N-dealkylation sites (tertiary alicyclic amines) is 1. The molecule has 1 aliphatic rings. The molecule has 0 aliphatic carbocycles. The Labute approximate surface area is 158 Å². The van der Waals surface area contributed by atoms with Gasteiger partial charge in [0.2, 0.25) is 5.91 Å². The lowest BCUT2D eigenvalue weighted by Gasteiger charge is -2.19. The Balaban J connectivity index is 1.47. The van der Waals surface area contributed by atoms with E-state index < -0.39 is 11.4 Å². The van der Waals surface area contributed by atoms with E-state index in [1.807, 2.05) is 47.4 Å².